The lowest BCUT2D eigenvalue weighted by atomic mass is 10.0. The molecule has 26 heavy (non-hydrogen) atoms. The number of carbonyl (C=O) groups excluding carboxylic acids is 2. The van der Waals surface area contributed by atoms with E-state index in [1.54, 1.807) is 14.0 Å². The van der Waals surface area contributed by atoms with Crippen molar-refractivity contribution in [2.45, 2.75) is 40.0 Å². The number of ether oxygens (including phenoxy) is 2. The maximum absolute atomic E-state index is 12.9. The maximum atomic E-state index is 12.9. The molecule has 0 heterocycles. The Morgan fingerprint density at radius 1 is 1.12 bits per heavy atom. The van der Waals surface area contributed by atoms with Gasteiger partial charge in [0.25, 0.3) is 0 Å². The summed E-state index contributed by atoms with van der Waals surface area (Å²) in [5.41, 5.74) is 3.36. The molecule has 0 bridgehead atoms. The predicted molar refractivity (Wildman–Crippen MR) is 108 cm³/mol. The van der Waals surface area contributed by atoms with Crippen LogP contribution in [0.1, 0.15) is 38.3 Å². The van der Waals surface area contributed by atoms with Crippen molar-refractivity contribution >= 4 is 29.3 Å². The monoisotopic (exact) mass is 381 g/mol. The molecule has 6 heteroatoms. The molecule has 0 N–H and O–H groups in total. The zero-order valence-corrected chi connectivity index (χ0v) is 17.2. The van der Waals surface area contributed by atoms with Gasteiger partial charge in [0, 0.05) is 19.4 Å². The molecule has 0 spiro atoms. The molecule has 1 aromatic rings. The Balaban J connectivity index is 2.83. The first-order chi connectivity index (χ1) is 12.6. The van der Waals surface area contributed by atoms with Crippen molar-refractivity contribution in [3.8, 4) is 0 Å². The molecule has 0 aromatic heterocycles. The minimum Gasteiger partial charge on any atom is -0.466 e. The minimum atomic E-state index is -0.215. The Bertz CT molecular complexity index is 555. The minimum absolute atomic E-state index is 0.0477. The number of aryl methyl sites for hydroxylation is 2. The average molecular weight is 382 g/mol. The number of rotatable bonds is 12. The van der Waals surface area contributed by atoms with Crippen molar-refractivity contribution in [3.63, 3.8) is 0 Å². The molecule has 146 valence electrons. The van der Waals surface area contributed by atoms with Gasteiger partial charge in [-0.25, -0.2) is 0 Å². The first kappa shape index (κ1) is 22.5. The van der Waals surface area contributed by atoms with E-state index in [0.717, 1.165) is 18.5 Å². The quantitative estimate of drug-likeness (QED) is 0.410. The van der Waals surface area contributed by atoms with E-state index in [1.165, 1.54) is 22.9 Å². The largest absolute Gasteiger partial charge is 0.466 e. The summed E-state index contributed by atoms with van der Waals surface area (Å²) in [6.07, 6.45) is 2.07. The van der Waals surface area contributed by atoms with Gasteiger partial charge < -0.3 is 14.4 Å². The zero-order chi connectivity index (χ0) is 19.4. The van der Waals surface area contributed by atoms with Crippen LogP contribution in [-0.2, 0) is 31.9 Å². The average Bonchev–Trinajstić information content (AvgIpc) is 2.65. The number of hydrogen-bond donors (Lipinski definition) is 0. The van der Waals surface area contributed by atoms with Crippen LogP contribution in [0.4, 0.5) is 5.69 Å². The van der Waals surface area contributed by atoms with Crippen LogP contribution in [-0.4, -0.2) is 50.3 Å². The molecule has 5 nitrogen and oxygen atoms in total. The van der Waals surface area contributed by atoms with E-state index in [-0.39, 0.29) is 11.9 Å². The van der Waals surface area contributed by atoms with Crippen LogP contribution in [0.25, 0.3) is 0 Å². The van der Waals surface area contributed by atoms with E-state index >= 15 is 0 Å². The first-order valence-electron chi connectivity index (χ1n) is 9.22. The van der Waals surface area contributed by atoms with Crippen molar-refractivity contribution in [1.29, 1.82) is 0 Å². The standard InChI is InChI=1S/C20H31NO4S/c1-5-16-9-8-10-17(6-2)20(16)21(12-13-24-4)18(22)15-26-14-11-19(23)25-7-3/h8-10H,5-7,11-15H2,1-4H3. The third-order valence-corrected chi connectivity index (χ3v) is 4.98. The molecular formula is C20H31NO4S. The fraction of sp³-hybridized carbons (Fsp3) is 0.600. The summed E-state index contributed by atoms with van der Waals surface area (Å²) >= 11 is 1.47. The van der Waals surface area contributed by atoms with Gasteiger partial charge in [0.15, 0.2) is 0 Å². The fourth-order valence-electron chi connectivity index (χ4n) is 2.73. The number of carbonyl (C=O) groups is 2. The van der Waals surface area contributed by atoms with Gasteiger partial charge in [0.1, 0.15) is 0 Å². The number of methoxy groups -OCH3 is 1. The van der Waals surface area contributed by atoms with Crippen molar-refractivity contribution in [2.75, 3.05) is 43.3 Å². The normalized spacial score (nSPS) is 10.6. The van der Waals surface area contributed by atoms with E-state index in [9.17, 15) is 9.59 Å². The second-order valence-corrected chi connectivity index (χ2v) is 6.88. The highest BCUT2D eigenvalue weighted by Gasteiger charge is 2.20. The molecule has 1 rings (SSSR count). The highest BCUT2D eigenvalue weighted by Crippen LogP contribution is 2.27. The Morgan fingerprint density at radius 3 is 2.31 bits per heavy atom. The molecule has 0 aliphatic rings. The van der Waals surface area contributed by atoms with Crippen LogP contribution < -0.4 is 4.90 Å². The number of nitrogens with zero attached hydrogens (tertiary/aromatic N) is 1. The lowest BCUT2D eigenvalue weighted by molar-refractivity contribution is -0.142. The Hall–Kier alpha value is -1.53. The van der Waals surface area contributed by atoms with Gasteiger partial charge in [-0.15, -0.1) is 0 Å². The Morgan fingerprint density at radius 2 is 1.77 bits per heavy atom. The van der Waals surface area contributed by atoms with Crippen molar-refractivity contribution < 1.29 is 19.1 Å². The fourth-order valence-corrected chi connectivity index (χ4v) is 3.52. The van der Waals surface area contributed by atoms with Crippen molar-refractivity contribution in [2.24, 2.45) is 0 Å². The highest BCUT2D eigenvalue weighted by molar-refractivity contribution is 7.99. The molecule has 0 atom stereocenters. The lowest BCUT2D eigenvalue weighted by Gasteiger charge is -2.27. The number of thioether (sulfide) groups is 1. The van der Waals surface area contributed by atoms with Crippen LogP contribution in [0.2, 0.25) is 0 Å². The molecule has 0 radical (unpaired) electrons. The maximum Gasteiger partial charge on any atom is 0.306 e. The summed E-state index contributed by atoms with van der Waals surface area (Å²) in [7, 11) is 1.64. The van der Waals surface area contributed by atoms with Crippen molar-refractivity contribution in [3.05, 3.63) is 29.3 Å². The van der Waals surface area contributed by atoms with Gasteiger partial charge in [-0.2, -0.15) is 11.8 Å². The summed E-state index contributed by atoms with van der Waals surface area (Å²) in [6.45, 7) is 7.40. The van der Waals surface area contributed by atoms with Crippen LogP contribution in [0.5, 0.6) is 0 Å². The highest BCUT2D eigenvalue weighted by atomic mass is 32.2. The summed E-state index contributed by atoms with van der Waals surface area (Å²) in [5.74, 6) is 0.753. The molecule has 0 saturated heterocycles. The van der Waals surface area contributed by atoms with Crippen LogP contribution >= 0.6 is 11.8 Å². The van der Waals surface area contributed by atoms with E-state index < -0.39 is 0 Å². The first-order valence-corrected chi connectivity index (χ1v) is 10.4. The SMILES string of the molecule is CCOC(=O)CCSCC(=O)N(CCOC)c1c(CC)cccc1CC. The number of amides is 1. The van der Waals surface area contributed by atoms with Gasteiger partial charge in [-0.3, -0.25) is 9.59 Å². The van der Waals surface area contributed by atoms with E-state index in [1.807, 2.05) is 11.0 Å². The number of para-hydroxylation sites is 1. The van der Waals surface area contributed by atoms with Crippen LogP contribution in [0.15, 0.2) is 18.2 Å². The Kier molecular flexibility index (Phi) is 11.1. The summed E-state index contributed by atoms with van der Waals surface area (Å²) in [5, 5.41) is 0. The third-order valence-electron chi connectivity index (χ3n) is 4.04. The smallest absolute Gasteiger partial charge is 0.306 e. The van der Waals surface area contributed by atoms with Gasteiger partial charge in [0.2, 0.25) is 5.91 Å². The van der Waals surface area contributed by atoms with Crippen molar-refractivity contribution in [1.82, 2.24) is 0 Å². The molecule has 0 aliphatic carbocycles. The second kappa shape index (κ2) is 12.8. The molecule has 0 unspecified atom stereocenters. The predicted octanol–water partition coefficient (Wildman–Crippen LogP) is 3.48. The van der Waals surface area contributed by atoms with Gasteiger partial charge in [-0.1, -0.05) is 32.0 Å². The molecule has 0 aliphatic heterocycles. The number of anilines is 1. The summed E-state index contributed by atoms with van der Waals surface area (Å²) in [4.78, 5) is 26.1. The van der Waals surface area contributed by atoms with E-state index in [4.69, 9.17) is 9.47 Å². The van der Waals surface area contributed by atoms with Crippen LogP contribution in [0, 0.1) is 0 Å². The second-order valence-electron chi connectivity index (χ2n) is 5.78. The van der Waals surface area contributed by atoms with E-state index in [0.29, 0.717) is 37.7 Å². The number of benzene rings is 1. The molecule has 1 aromatic carbocycles. The Labute approximate surface area is 161 Å². The van der Waals surface area contributed by atoms with E-state index in [2.05, 4.69) is 26.0 Å². The topological polar surface area (TPSA) is 55.8 Å². The van der Waals surface area contributed by atoms with Gasteiger partial charge >= 0.3 is 5.97 Å². The summed E-state index contributed by atoms with van der Waals surface area (Å²) < 4.78 is 10.1. The molecule has 0 fully saturated rings. The van der Waals surface area contributed by atoms with Gasteiger partial charge in [-0.05, 0) is 30.9 Å². The van der Waals surface area contributed by atoms with Gasteiger partial charge in [0.05, 0.1) is 31.1 Å². The van der Waals surface area contributed by atoms with Crippen LogP contribution in [0.3, 0.4) is 0 Å². The zero-order valence-electron chi connectivity index (χ0n) is 16.4. The molecule has 0 saturated carbocycles. The summed E-state index contributed by atoms with van der Waals surface area (Å²) in [6, 6.07) is 6.21. The number of hydrogen-bond acceptors (Lipinski definition) is 5. The molecular weight excluding hydrogens is 350 g/mol. The lowest BCUT2D eigenvalue weighted by Crippen LogP contribution is -2.36. The molecule has 1 amide bonds. The third kappa shape index (κ3) is 7.00. The number of esters is 1.